The van der Waals surface area contributed by atoms with Crippen LogP contribution < -0.4 is 0 Å². The first-order chi connectivity index (χ1) is 12.7. The number of likely N-dealkylation sites (tertiary alicyclic amines) is 1. The van der Waals surface area contributed by atoms with Crippen molar-refractivity contribution in [1.82, 2.24) is 19.9 Å². The second-order valence-electron chi connectivity index (χ2n) is 6.68. The van der Waals surface area contributed by atoms with Gasteiger partial charge in [-0.25, -0.2) is 9.97 Å². The summed E-state index contributed by atoms with van der Waals surface area (Å²) < 4.78 is 0. The summed E-state index contributed by atoms with van der Waals surface area (Å²) in [5.41, 5.74) is 3.84. The van der Waals surface area contributed by atoms with Gasteiger partial charge in [0, 0.05) is 54.9 Å². The summed E-state index contributed by atoms with van der Waals surface area (Å²) in [5.74, 6) is 1.12. The molecule has 1 saturated heterocycles. The third-order valence-corrected chi connectivity index (χ3v) is 4.80. The molecule has 0 saturated carbocycles. The van der Waals surface area contributed by atoms with Crippen molar-refractivity contribution in [2.75, 3.05) is 13.1 Å². The highest BCUT2D eigenvalue weighted by Gasteiger charge is 2.28. The van der Waals surface area contributed by atoms with E-state index in [-0.39, 0.29) is 5.91 Å². The van der Waals surface area contributed by atoms with E-state index in [0.717, 1.165) is 30.6 Å². The SMILES string of the molecule is Cc1cnc(-c2ccc(C(=O)N3CCC(c4cccnc4)C3)cc2)nc1. The number of rotatable bonds is 3. The molecule has 5 heteroatoms. The van der Waals surface area contributed by atoms with Crippen molar-refractivity contribution >= 4 is 5.91 Å². The largest absolute Gasteiger partial charge is 0.338 e. The monoisotopic (exact) mass is 344 g/mol. The van der Waals surface area contributed by atoms with Crippen LogP contribution in [-0.2, 0) is 0 Å². The third kappa shape index (κ3) is 3.33. The number of hydrogen-bond donors (Lipinski definition) is 0. The molecule has 3 heterocycles. The lowest BCUT2D eigenvalue weighted by molar-refractivity contribution is 0.0791. The Morgan fingerprint density at radius 1 is 1.08 bits per heavy atom. The first kappa shape index (κ1) is 16.4. The minimum Gasteiger partial charge on any atom is -0.338 e. The van der Waals surface area contributed by atoms with Gasteiger partial charge < -0.3 is 4.90 Å². The van der Waals surface area contributed by atoms with Gasteiger partial charge in [0.2, 0.25) is 0 Å². The molecule has 26 heavy (non-hydrogen) atoms. The van der Waals surface area contributed by atoms with Crippen molar-refractivity contribution in [3.8, 4) is 11.4 Å². The molecule has 3 aromatic rings. The van der Waals surface area contributed by atoms with Crippen LogP contribution in [0.15, 0.2) is 61.2 Å². The zero-order valence-electron chi connectivity index (χ0n) is 14.7. The molecule has 1 aliphatic rings. The fourth-order valence-electron chi connectivity index (χ4n) is 3.32. The van der Waals surface area contributed by atoms with E-state index in [9.17, 15) is 4.79 Å². The molecule has 130 valence electrons. The van der Waals surface area contributed by atoms with E-state index in [4.69, 9.17) is 0 Å². The van der Waals surface area contributed by atoms with Crippen LogP contribution >= 0.6 is 0 Å². The molecule has 0 aliphatic carbocycles. The molecule has 0 bridgehead atoms. The van der Waals surface area contributed by atoms with E-state index in [1.165, 1.54) is 5.56 Å². The normalized spacial score (nSPS) is 16.7. The first-order valence-corrected chi connectivity index (χ1v) is 8.79. The number of nitrogens with zero attached hydrogens (tertiary/aromatic N) is 4. The predicted molar refractivity (Wildman–Crippen MR) is 99.7 cm³/mol. The lowest BCUT2D eigenvalue weighted by Crippen LogP contribution is -2.28. The van der Waals surface area contributed by atoms with Gasteiger partial charge in [-0.2, -0.15) is 0 Å². The lowest BCUT2D eigenvalue weighted by Gasteiger charge is -2.17. The average Bonchev–Trinajstić information content (AvgIpc) is 3.19. The Morgan fingerprint density at radius 2 is 1.85 bits per heavy atom. The fraction of sp³-hybridized carbons (Fsp3) is 0.238. The van der Waals surface area contributed by atoms with Crippen LogP contribution in [0.2, 0.25) is 0 Å². The van der Waals surface area contributed by atoms with Crippen LogP contribution in [0.3, 0.4) is 0 Å². The van der Waals surface area contributed by atoms with Gasteiger partial charge in [-0.3, -0.25) is 9.78 Å². The maximum atomic E-state index is 12.8. The van der Waals surface area contributed by atoms with E-state index in [2.05, 4.69) is 21.0 Å². The van der Waals surface area contributed by atoms with E-state index in [0.29, 0.717) is 17.3 Å². The summed E-state index contributed by atoms with van der Waals surface area (Å²) in [5, 5.41) is 0. The molecule has 1 aromatic carbocycles. The summed E-state index contributed by atoms with van der Waals surface area (Å²) in [6, 6.07) is 11.6. The van der Waals surface area contributed by atoms with Gasteiger partial charge in [-0.05, 0) is 42.7 Å². The Bertz CT molecular complexity index is 892. The number of aromatic nitrogens is 3. The molecule has 1 aliphatic heterocycles. The summed E-state index contributed by atoms with van der Waals surface area (Å²) in [7, 11) is 0. The van der Waals surface area contributed by atoms with E-state index >= 15 is 0 Å². The standard InChI is InChI=1S/C21H20N4O/c1-15-11-23-20(24-12-15)16-4-6-17(7-5-16)21(26)25-10-8-19(14-25)18-3-2-9-22-13-18/h2-7,9,11-13,19H,8,10,14H2,1H3. The van der Waals surface area contributed by atoms with Crippen molar-refractivity contribution in [2.45, 2.75) is 19.3 Å². The average molecular weight is 344 g/mol. The second kappa shape index (κ2) is 7.04. The highest BCUT2D eigenvalue weighted by atomic mass is 16.2. The van der Waals surface area contributed by atoms with Crippen molar-refractivity contribution < 1.29 is 4.79 Å². The van der Waals surface area contributed by atoms with Crippen molar-refractivity contribution in [3.63, 3.8) is 0 Å². The molecule has 1 atom stereocenters. The Morgan fingerprint density at radius 3 is 2.54 bits per heavy atom. The lowest BCUT2D eigenvalue weighted by atomic mass is 10.0. The van der Waals surface area contributed by atoms with Gasteiger partial charge in [0.15, 0.2) is 5.82 Å². The number of amides is 1. The minimum atomic E-state index is 0.0766. The van der Waals surface area contributed by atoms with Gasteiger partial charge in [0.25, 0.3) is 5.91 Å². The maximum Gasteiger partial charge on any atom is 0.253 e. The molecule has 0 spiro atoms. The molecule has 1 fully saturated rings. The van der Waals surface area contributed by atoms with Crippen LogP contribution in [0, 0.1) is 6.92 Å². The van der Waals surface area contributed by atoms with Gasteiger partial charge in [-0.15, -0.1) is 0 Å². The van der Waals surface area contributed by atoms with Gasteiger partial charge in [0.05, 0.1) is 0 Å². The quantitative estimate of drug-likeness (QED) is 0.730. The van der Waals surface area contributed by atoms with Crippen LogP contribution in [0.1, 0.15) is 33.8 Å². The topological polar surface area (TPSA) is 59.0 Å². The predicted octanol–water partition coefficient (Wildman–Crippen LogP) is 3.48. The molecule has 4 rings (SSSR count). The highest BCUT2D eigenvalue weighted by Crippen LogP contribution is 2.27. The fourth-order valence-corrected chi connectivity index (χ4v) is 3.32. The Labute approximate surface area is 152 Å². The first-order valence-electron chi connectivity index (χ1n) is 8.79. The zero-order valence-corrected chi connectivity index (χ0v) is 14.7. The van der Waals surface area contributed by atoms with E-state index in [1.54, 1.807) is 18.6 Å². The molecule has 5 nitrogen and oxygen atoms in total. The molecule has 1 unspecified atom stereocenters. The number of aryl methyl sites for hydroxylation is 1. The summed E-state index contributed by atoms with van der Waals surface area (Å²) in [6.07, 6.45) is 8.25. The number of benzene rings is 1. The number of carbonyl (C=O) groups excluding carboxylic acids is 1. The Hall–Kier alpha value is -3.08. The van der Waals surface area contributed by atoms with Crippen LogP contribution in [0.4, 0.5) is 0 Å². The summed E-state index contributed by atoms with van der Waals surface area (Å²) >= 11 is 0. The van der Waals surface area contributed by atoms with Crippen LogP contribution in [0.25, 0.3) is 11.4 Å². The Balaban J connectivity index is 1.46. The zero-order chi connectivity index (χ0) is 17.9. The molecule has 2 aromatic heterocycles. The van der Waals surface area contributed by atoms with Gasteiger partial charge in [0.1, 0.15) is 0 Å². The van der Waals surface area contributed by atoms with Crippen molar-refractivity contribution in [1.29, 1.82) is 0 Å². The highest BCUT2D eigenvalue weighted by molar-refractivity contribution is 5.94. The number of pyridine rings is 1. The third-order valence-electron chi connectivity index (χ3n) is 4.80. The van der Waals surface area contributed by atoms with Gasteiger partial charge >= 0.3 is 0 Å². The van der Waals surface area contributed by atoms with Crippen LogP contribution in [0.5, 0.6) is 0 Å². The summed E-state index contributed by atoms with van der Waals surface area (Å²) in [6.45, 7) is 3.48. The van der Waals surface area contributed by atoms with E-state index < -0.39 is 0 Å². The molecular weight excluding hydrogens is 324 g/mol. The number of hydrogen-bond acceptors (Lipinski definition) is 4. The minimum absolute atomic E-state index is 0.0766. The summed E-state index contributed by atoms with van der Waals surface area (Å²) in [4.78, 5) is 27.6. The second-order valence-corrected chi connectivity index (χ2v) is 6.68. The molecule has 1 amide bonds. The molecule has 0 N–H and O–H groups in total. The van der Waals surface area contributed by atoms with Crippen molar-refractivity contribution in [2.24, 2.45) is 0 Å². The molecular formula is C21H20N4O. The molecule has 0 radical (unpaired) electrons. The maximum absolute atomic E-state index is 12.8. The Kier molecular flexibility index (Phi) is 4.44. The van der Waals surface area contributed by atoms with Crippen molar-refractivity contribution in [3.05, 3.63) is 77.9 Å². The van der Waals surface area contributed by atoms with Gasteiger partial charge in [-0.1, -0.05) is 18.2 Å². The van der Waals surface area contributed by atoms with E-state index in [1.807, 2.05) is 48.4 Å². The number of carbonyl (C=O) groups is 1. The van der Waals surface area contributed by atoms with Crippen LogP contribution in [-0.4, -0.2) is 38.8 Å². The smallest absolute Gasteiger partial charge is 0.253 e.